The topological polar surface area (TPSA) is 41.1 Å². The van der Waals surface area contributed by atoms with E-state index in [1.54, 1.807) is 0 Å². The molecule has 6 heteroatoms. The Balaban J connectivity index is 1.51. The molecule has 0 amide bonds. The SMILES string of the molecule is [C-]#[N+]/C(C#N)=C1\N(CCCN2CCCC2)CCN1CCCN1CC(C)CC(C)C1. The number of nitriles is 1. The molecular formula is C23H38N6. The zero-order chi connectivity index (χ0) is 20.6. The summed E-state index contributed by atoms with van der Waals surface area (Å²) in [5.74, 6) is 2.48. The summed E-state index contributed by atoms with van der Waals surface area (Å²) in [7, 11) is 0. The van der Waals surface area contributed by atoms with Gasteiger partial charge in [-0.25, -0.2) is 10.1 Å². The quantitative estimate of drug-likeness (QED) is 0.464. The lowest BCUT2D eigenvalue weighted by Crippen LogP contribution is -2.40. The molecule has 0 aliphatic carbocycles. The largest absolute Gasteiger partial charge is 0.365 e. The lowest BCUT2D eigenvalue weighted by Gasteiger charge is -2.35. The third-order valence-corrected chi connectivity index (χ3v) is 6.62. The van der Waals surface area contributed by atoms with E-state index in [0.29, 0.717) is 0 Å². The van der Waals surface area contributed by atoms with Crippen LogP contribution in [0.1, 0.15) is 46.0 Å². The summed E-state index contributed by atoms with van der Waals surface area (Å²) in [6.45, 7) is 23.1. The minimum Gasteiger partial charge on any atom is -0.365 e. The summed E-state index contributed by atoms with van der Waals surface area (Å²) in [6, 6.07) is 2.16. The van der Waals surface area contributed by atoms with Crippen molar-refractivity contribution in [1.82, 2.24) is 19.6 Å². The van der Waals surface area contributed by atoms with Gasteiger partial charge in [0.05, 0.1) is 12.6 Å². The minimum atomic E-state index is 0.267. The molecule has 3 heterocycles. The molecule has 0 N–H and O–H groups in total. The second-order valence-electron chi connectivity index (χ2n) is 9.33. The van der Waals surface area contributed by atoms with E-state index in [9.17, 15) is 5.26 Å². The highest BCUT2D eigenvalue weighted by Crippen LogP contribution is 2.25. The molecule has 0 spiro atoms. The molecule has 0 saturated carbocycles. The van der Waals surface area contributed by atoms with Gasteiger partial charge in [-0.1, -0.05) is 13.8 Å². The minimum absolute atomic E-state index is 0.267. The Hall–Kier alpha value is -1.76. The Bertz CT molecular complexity index is 613. The summed E-state index contributed by atoms with van der Waals surface area (Å²) >= 11 is 0. The van der Waals surface area contributed by atoms with Crippen LogP contribution in [-0.4, -0.2) is 85.0 Å². The second kappa shape index (κ2) is 10.9. The van der Waals surface area contributed by atoms with E-state index in [1.807, 2.05) is 0 Å². The van der Waals surface area contributed by atoms with Crippen LogP contribution < -0.4 is 0 Å². The predicted octanol–water partition coefficient (Wildman–Crippen LogP) is 3.07. The lowest BCUT2D eigenvalue weighted by atomic mass is 9.92. The van der Waals surface area contributed by atoms with Crippen LogP contribution in [-0.2, 0) is 0 Å². The highest BCUT2D eigenvalue weighted by atomic mass is 15.4. The Morgan fingerprint density at radius 1 is 0.931 bits per heavy atom. The van der Waals surface area contributed by atoms with Gasteiger partial charge in [-0.2, -0.15) is 0 Å². The van der Waals surface area contributed by atoms with E-state index in [4.69, 9.17) is 6.57 Å². The first-order chi connectivity index (χ1) is 14.1. The smallest absolute Gasteiger partial charge is 0.300 e. The van der Waals surface area contributed by atoms with E-state index >= 15 is 0 Å². The average Bonchev–Trinajstić information content (AvgIpc) is 3.33. The molecule has 0 aromatic heterocycles. The second-order valence-corrected chi connectivity index (χ2v) is 9.33. The first-order valence-electron chi connectivity index (χ1n) is 11.6. The Labute approximate surface area is 177 Å². The highest BCUT2D eigenvalue weighted by molar-refractivity contribution is 5.33. The highest BCUT2D eigenvalue weighted by Gasteiger charge is 2.28. The number of nitrogens with zero attached hydrogens (tertiary/aromatic N) is 6. The number of hydrogen-bond acceptors (Lipinski definition) is 5. The predicted molar refractivity (Wildman–Crippen MR) is 117 cm³/mol. The fraction of sp³-hybridized carbons (Fsp3) is 0.826. The maximum absolute atomic E-state index is 9.52. The van der Waals surface area contributed by atoms with E-state index in [0.717, 1.165) is 69.8 Å². The van der Waals surface area contributed by atoms with Gasteiger partial charge in [0.1, 0.15) is 5.82 Å². The zero-order valence-electron chi connectivity index (χ0n) is 18.4. The van der Waals surface area contributed by atoms with Crippen LogP contribution in [0, 0.1) is 29.7 Å². The van der Waals surface area contributed by atoms with Crippen LogP contribution in [0.25, 0.3) is 4.85 Å². The van der Waals surface area contributed by atoms with Crippen LogP contribution in [0.2, 0.25) is 0 Å². The summed E-state index contributed by atoms with van der Waals surface area (Å²) in [6.07, 6.45) is 6.21. The third kappa shape index (κ3) is 6.11. The van der Waals surface area contributed by atoms with Crippen molar-refractivity contribution < 1.29 is 0 Å². The fourth-order valence-corrected chi connectivity index (χ4v) is 5.46. The van der Waals surface area contributed by atoms with Gasteiger partial charge >= 0.3 is 5.70 Å². The molecular weight excluding hydrogens is 360 g/mol. The number of rotatable bonds is 8. The van der Waals surface area contributed by atoms with Crippen LogP contribution >= 0.6 is 0 Å². The molecule has 29 heavy (non-hydrogen) atoms. The molecule has 2 unspecified atom stereocenters. The maximum Gasteiger partial charge on any atom is 0.300 e. The van der Waals surface area contributed by atoms with Gasteiger partial charge in [0.2, 0.25) is 0 Å². The molecule has 160 valence electrons. The van der Waals surface area contributed by atoms with Crippen molar-refractivity contribution >= 4 is 0 Å². The molecule has 3 fully saturated rings. The Kier molecular flexibility index (Phi) is 8.21. The van der Waals surface area contributed by atoms with Gasteiger partial charge in [0.15, 0.2) is 0 Å². The van der Waals surface area contributed by atoms with E-state index in [1.165, 1.54) is 45.4 Å². The van der Waals surface area contributed by atoms with E-state index in [-0.39, 0.29) is 5.70 Å². The average molecular weight is 399 g/mol. The van der Waals surface area contributed by atoms with Crippen molar-refractivity contribution in [2.75, 3.05) is 65.4 Å². The van der Waals surface area contributed by atoms with Gasteiger partial charge < -0.3 is 19.6 Å². The van der Waals surface area contributed by atoms with Gasteiger partial charge in [-0.15, -0.1) is 0 Å². The van der Waals surface area contributed by atoms with Gasteiger partial charge in [-0.3, -0.25) is 0 Å². The summed E-state index contributed by atoms with van der Waals surface area (Å²) in [4.78, 5) is 13.3. The molecule has 0 aromatic carbocycles. The van der Waals surface area contributed by atoms with Crippen molar-refractivity contribution in [2.45, 2.75) is 46.0 Å². The molecule has 3 saturated heterocycles. The van der Waals surface area contributed by atoms with Crippen molar-refractivity contribution in [3.05, 3.63) is 22.9 Å². The molecule has 3 aliphatic heterocycles. The molecule has 6 nitrogen and oxygen atoms in total. The number of hydrogen-bond donors (Lipinski definition) is 0. The molecule has 0 aromatic rings. The van der Waals surface area contributed by atoms with Crippen LogP contribution in [0.3, 0.4) is 0 Å². The lowest BCUT2D eigenvalue weighted by molar-refractivity contribution is 0.136. The third-order valence-electron chi connectivity index (χ3n) is 6.62. The summed E-state index contributed by atoms with van der Waals surface area (Å²) in [5, 5.41) is 9.52. The summed E-state index contributed by atoms with van der Waals surface area (Å²) in [5.41, 5.74) is 0.267. The van der Waals surface area contributed by atoms with Crippen molar-refractivity contribution in [3.8, 4) is 6.07 Å². The van der Waals surface area contributed by atoms with Crippen molar-refractivity contribution in [3.63, 3.8) is 0 Å². The first kappa shape index (κ1) is 21.9. The Morgan fingerprint density at radius 2 is 1.48 bits per heavy atom. The van der Waals surface area contributed by atoms with Gasteiger partial charge in [0, 0.05) is 39.3 Å². The van der Waals surface area contributed by atoms with Crippen LogP contribution in [0.15, 0.2) is 11.5 Å². The van der Waals surface area contributed by atoms with Crippen molar-refractivity contribution in [2.24, 2.45) is 11.8 Å². The van der Waals surface area contributed by atoms with Gasteiger partial charge in [0.25, 0.3) is 0 Å². The number of piperidine rings is 1. The van der Waals surface area contributed by atoms with E-state index in [2.05, 4.69) is 44.4 Å². The molecule has 0 radical (unpaired) electrons. The Morgan fingerprint density at radius 3 is 2.00 bits per heavy atom. The van der Waals surface area contributed by atoms with Gasteiger partial charge in [-0.05, 0) is 70.1 Å². The summed E-state index contributed by atoms with van der Waals surface area (Å²) < 4.78 is 0. The number of likely N-dealkylation sites (tertiary alicyclic amines) is 2. The normalized spacial score (nSPS) is 27.9. The first-order valence-corrected chi connectivity index (χ1v) is 11.6. The van der Waals surface area contributed by atoms with Crippen LogP contribution in [0.5, 0.6) is 0 Å². The molecule has 2 atom stereocenters. The molecule has 0 bridgehead atoms. The van der Waals surface area contributed by atoms with Crippen LogP contribution in [0.4, 0.5) is 0 Å². The van der Waals surface area contributed by atoms with Crippen molar-refractivity contribution in [1.29, 1.82) is 5.26 Å². The maximum atomic E-state index is 9.52. The monoisotopic (exact) mass is 398 g/mol. The molecule has 3 aliphatic rings. The van der Waals surface area contributed by atoms with E-state index < -0.39 is 0 Å². The molecule has 3 rings (SSSR count). The fourth-order valence-electron chi connectivity index (χ4n) is 5.46. The zero-order valence-corrected chi connectivity index (χ0v) is 18.4. The number of allylic oxidation sites excluding steroid dienone is 1. The standard InChI is InChI=1S/C23H38N6/c1-20-16-21(2)19-27(18-20)11-7-13-29-15-14-28(23(29)22(17-24)25-3)12-6-10-26-8-4-5-9-26/h20-21H,4-16,18-19H2,1-2H3/b23-22+.